The molecule has 0 heterocycles. The van der Waals surface area contributed by atoms with E-state index in [0.717, 1.165) is 23.5 Å². The van der Waals surface area contributed by atoms with Gasteiger partial charge in [-0.3, -0.25) is 0 Å². The van der Waals surface area contributed by atoms with E-state index >= 15 is 0 Å². The molecule has 18 heavy (non-hydrogen) atoms. The van der Waals surface area contributed by atoms with Crippen molar-refractivity contribution < 1.29 is 4.74 Å². The zero-order valence-electron chi connectivity index (χ0n) is 11.2. The predicted octanol–water partition coefficient (Wildman–Crippen LogP) is 4.31. The van der Waals surface area contributed by atoms with E-state index in [1.807, 2.05) is 18.2 Å². The van der Waals surface area contributed by atoms with E-state index in [2.05, 4.69) is 43.4 Å². The third kappa shape index (κ3) is 2.83. The topological polar surface area (TPSA) is 21.3 Å². The van der Waals surface area contributed by atoms with E-state index in [-0.39, 0.29) is 0 Å². The van der Waals surface area contributed by atoms with Crippen molar-refractivity contribution in [1.82, 2.24) is 0 Å². The molecule has 0 aromatic heterocycles. The molecule has 0 saturated heterocycles. The summed E-state index contributed by atoms with van der Waals surface area (Å²) in [7, 11) is 1.69. The number of aryl methyl sites for hydroxylation is 2. The first-order valence-electron chi connectivity index (χ1n) is 6.23. The van der Waals surface area contributed by atoms with E-state index in [9.17, 15) is 0 Å². The van der Waals surface area contributed by atoms with Gasteiger partial charge in [0.15, 0.2) is 0 Å². The van der Waals surface area contributed by atoms with E-state index in [1.165, 1.54) is 11.1 Å². The summed E-state index contributed by atoms with van der Waals surface area (Å²) in [5.41, 5.74) is 4.76. The molecule has 0 spiro atoms. The summed E-state index contributed by atoms with van der Waals surface area (Å²) >= 11 is 0. The molecule has 0 aliphatic heterocycles. The smallest absolute Gasteiger partial charge is 0.119 e. The quantitative estimate of drug-likeness (QED) is 0.861. The lowest BCUT2D eigenvalue weighted by atomic mass is 10.1. The van der Waals surface area contributed by atoms with Crippen molar-refractivity contribution in [2.75, 3.05) is 12.4 Å². The summed E-state index contributed by atoms with van der Waals surface area (Å²) in [6.07, 6.45) is 1.05. The van der Waals surface area contributed by atoms with Crippen molar-refractivity contribution >= 4 is 11.4 Å². The van der Waals surface area contributed by atoms with Crippen LogP contribution in [0.4, 0.5) is 11.4 Å². The minimum Gasteiger partial charge on any atom is -0.497 e. The lowest BCUT2D eigenvalue weighted by Gasteiger charge is -2.11. The maximum absolute atomic E-state index is 5.21. The molecule has 0 saturated carbocycles. The largest absolute Gasteiger partial charge is 0.497 e. The van der Waals surface area contributed by atoms with E-state index in [1.54, 1.807) is 7.11 Å². The van der Waals surface area contributed by atoms with Crippen LogP contribution in [0.1, 0.15) is 18.1 Å². The third-order valence-electron chi connectivity index (χ3n) is 3.05. The van der Waals surface area contributed by atoms with Gasteiger partial charge in [0, 0.05) is 11.4 Å². The van der Waals surface area contributed by atoms with Crippen LogP contribution < -0.4 is 10.1 Å². The van der Waals surface area contributed by atoms with Crippen LogP contribution in [0.3, 0.4) is 0 Å². The van der Waals surface area contributed by atoms with Gasteiger partial charge in [0.25, 0.3) is 0 Å². The summed E-state index contributed by atoms with van der Waals surface area (Å²) in [4.78, 5) is 0. The van der Waals surface area contributed by atoms with Gasteiger partial charge in [-0.15, -0.1) is 0 Å². The van der Waals surface area contributed by atoms with Gasteiger partial charge in [0.1, 0.15) is 5.75 Å². The number of rotatable bonds is 4. The second-order valence-electron chi connectivity index (χ2n) is 4.36. The van der Waals surface area contributed by atoms with E-state index in [0.29, 0.717) is 0 Å². The Bertz CT molecular complexity index is 534. The highest BCUT2D eigenvalue weighted by molar-refractivity contribution is 5.64. The molecule has 2 aromatic carbocycles. The zero-order valence-corrected chi connectivity index (χ0v) is 11.2. The Hall–Kier alpha value is -1.96. The van der Waals surface area contributed by atoms with Crippen LogP contribution in [0.2, 0.25) is 0 Å². The van der Waals surface area contributed by atoms with Crippen LogP contribution in [0.15, 0.2) is 42.5 Å². The average molecular weight is 241 g/mol. The van der Waals surface area contributed by atoms with Crippen LogP contribution in [0.5, 0.6) is 5.75 Å². The highest BCUT2D eigenvalue weighted by Crippen LogP contribution is 2.25. The minimum atomic E-state index is 0.889. The number of ether oxygens (including phenoxy) is 1. The molecule has 2 nitrogen and oxygen atoms in total. The molecule has 0 aliphatic carbocycles. The first-order chi connectivity index (χ1) is 8.72. The van der Waals surface area contributed by atoms with Crippen LogP contribution >= 0.6 is 0 Å². The van der Waals surface area contributed by atoms with Crippen molar-refractivity contribution in [3.05, 3.63) is 53.6 Å². The molecule has 0 unspecified atom stereocenters. The molecule has 2 heteroatoms. The molecule has 2 aromatic rings. The SMILES string of the molecule is CCc1cccc(Nc2ccc(OC)cc2C)c1. The maximum atomic E-state index is 5.21. The number of benzene rings is 2. The first kappa shape index (κ1) is 12.5. The van der Waals surface area contributed by atoms with E-state index < -0.39 is 0 Å². The molecular formula is C16H19NO. The van der Waals surface area contributed by atoms with Gasteiger partial charge in [0.2, 0.25) is 0 Å². The van der Waals surface area contributed by atoms with Crippen molar-refractivity contribution in [2.45, 2.75) is 20.3 Å². The molecule has 0 bridgehead atoms. The van der Waals surface area contributed by atoms with Gasteiger partial charge in [-0.2, -0.15) is 0 Å². The summed E-state index contributed by atoms with van der Waals surface area (Å²) < 4.78 is 5.21. The molecule has 94 valence electrons. The van der Waals surface area contributed by atoms with Crippen molar-refractivity contribution in [1.29, 1.82) is 0 Å². The Balaban J connectivity index is 2.22. The van der Waals surface area contributed by atoms with Gasteiger partial charge in [0.05, 0.1) is 7.11 Å². The van der Waals surface area contributed by atoms with Gasteiger partial charge in [-0.05, 0) is 54.8 Å². The summed E-state index contributed by atoms with van der Waals surface area (Å²) in [5.74, 6) is 0.889. The lowest BCUT2D eigenvalue weighted by Crippen LogP contribution is -1.94. The normalized spacial score (nSPS) is 10.2. The predicted molar refractivity (Wildman–Crippen MR) is 76.8 cm³/mol. The number of nitrogens with one attached hydrogen (secondary N) is 1. The number of hydrogen-bond donors (Lipinski definition) is 1. The molecule has 2 rings (SSSR count). The van der Waals surface area contributed by atoms with Crippen molar-refractivity contribution in [3.63, 3.8) is 0 Å². The molecular weight excluding hydrogens is 222 g/mol. The molecule has 0 fully saturated rings. The average Bonchev–Trinajstić information content (AvgIpc) is 2.41. The molecule has 0 atom stereocenters. The molecule has 1 N–H and O–H groups in total. The summed E-state index contributed by atoms with van der Waals surface area (Å²) in [5, 5.41) is 3.44. The standard InChI is InChI=1S/C16H19NO/c1-4-13-6-5-7-14(11-13)17-16-9-8-15(18-3)10-12(16)2/h5-11,17H,4H2,1-3H3. The highest BCUT2D eigenvalue weighted by atomic mass is 16.5. The van der Waals surface area contributed by atoms with E-state index in [4.69, 9.17) is 4.74 Å². The Labute approximate surface area is 109 Å². The van der Waals surface area contributed by atoms with Gasteiger partial charge in [-0.1, -0.05) is 19.1 Å². The van der Waals surface area contributed by atoms with Crippen molar-refractivity contribution in [2.24, 2.45) is 0 Å². The molecule has 0 aliphatic rings. The van der Waals surface area contributed by atoms with Crippen molar-refractivity contribution in [3.8, 4) is 5.75 Å². The fourth-order valence-corrected chi connectivity index (χ4v) is 1.93. The van der Waals surface area contributed by atoms with Crippen LogP contribution in [-0.2, 0) is 6.42 Å². The fraction of sp³-hybridized carbons (Fsp3) is 0.250. The van der Waals surface area contributed by atoms with Crippen LogP contribution in [0, 0.1) is 6.92 Å². The number of methoxy groups -OCH3 is 1. The zero-order chi connectivity index (χ0) is 13.0. The van der Waals surface area contributed by atoms with Gasteiger partial charge < -0.3 is 10.1 Å². The van der Waals surface area contributed by atoms with Gasteiger partial charge in [-0.25, -0.2) is 0 Å². The Kier molecular flexibility index (Phi) is 3.88. The third-order valence-corrected chi connectivity index (χ3v) is 3.05. The Morgan fingerprint density at radius 1 is 1.11 bits per heavy atom. The molecule has 0 radical (unpaired) electrons. The Morgan fingerprint density at radius 3 is 2.61 bits per heavy atom. The second-order valence-corrected chi connectivity index (χ2v) is 4.36. The highest BCUT2D eigenvalue weighted by Gasteiger charge is 2.01. The first-order valence-corrected chi connectivity index (χ1v) is 6.23. The number of anilines is 2. The number of hydrogen-bond acceptors (Lipinski definition) is 2. The fourth-order valence-electron chi connectivity index (χ4n) is 1.93. The molecule has 0 amide bonds. The second kappa shape index (κ2) is 5.58. The van der Waals surface area contributed by atoms with Gasteiger partial charge >= 0.3 is 0 Å². The lowest BCUT2D eigenvalue weighted by molar-refractivity contribution is 0.414. The Morgan fingerprint density at radius 2 is 1.94 bits per heavy atom. The van der Waals surface area contributed by atoms with Crippen LogP contribution in [-0.4, -0.2) is 7.11 Å². The monoisotopic (exact) mass is 241 g/mol. The minimum absolute atomic E-state index is 0.889. The summed E-state index contributed by atoms with van der Waals surface area (Å²) in [6, 6.07) is 14.6. The maximum Gasteiger partial charge on any atom is 0.119 e. The van der Waals surface area contributed by atoms with Crippen LogP contribution in [0.25, 0.3) is 0 Å². The summed E-state index contributed by atoms with van der Waals surface area (Å²) in [6.45, 7) is 4.24.